The van der Waals surface area contributed by atoms with Gasteiger partial charge in [0.05, 0.1) is 10.1 Å². The highest BCUT2D eigenvalue weighted by Gasteiger charge is 2.33. The van der Waals surface area contributed by atoms with E-state index in [2.05, 4.69) is 5.32 Å². The van der Waals surface area contributed by atoms with Crippen LogP contribution in [0, 0.1) is 10.5 Å². The number of carboxylic acids is 1. The molecule has 1 fully saturated rings. The molecule has 0 spiro atoms. The average molecular weight is 492 g/mol. The summed E-state index contributed by atoms with van der Waals surface area (Å²) >= 11 is 2.02. The van der Waals surface area contributed by atoms with Crippen LogP contribution in [-0.2, 0) is 16.1 Å². The molecule has 2 aromatic carbocycles. The van der Waals surface area contributed by atoms with E-state index in [9.17, 15) is 14.4 Å². The first-order valence-electron chi connectivity index (χ1n) is 8.38. The van der Waals surface area contributed by atoms with Crippen molar-refractivity contribution < 1.29 is 24.2 Å². The van der Waals surface area contributed by atoms with Gasteiger partial charge in [-0.2, -0.15) is 0 Å². The van der Waals surface area contributed by atoms with Crippen LogP contribution in [0.15, 0.2) is 48.2 Å². The molecule has 0 aliphatic carbocycles. The summed E-state index contributed by atoms with van der Waals surface area (Å²) in [6, 6.07) is 12.2. The van der Waals surface area contributed by atoms with Crippen molar-refractivity contribution >= 4 is 46.6 Å². The summed E-state index contributed by atoms with van der Waals surface area (Å²) in [6.45, 7) is 1.72. The monoisotopic (exact) mass is 492 g/mol. The van der Waals surface area contributed by atoms with Crippen molar-refractivity contribution in [3.63, 3.8) is 0 Å². The van der Waals surface area contributed by atoms with Crippen LogP contribution in [0.4, 0.5) is 4.79 Å². The number of aryl methyl sites for hydroxylation is 1. The van der Waals surface area contributed by atoms with Crippen molar-refractivity contribution in [2.75, 3.05) is 6.61 Å². The molecule has 28 heavy (non-hydrogen) atoms. The number of nitrogens with zero attached hydrogens (tertiary/aromatic N) is 1. The number of rotatable bonds is 6. The van der Waals surface area contributed by atoms with Gasteiger partial charge in [-0.1, -0.05) is 35.9 Å². The van der Waals surface area contributed by atoms with Crippen LogP contribution in [0.1, 0.15) is 16.7 Å². The normalized spacial score (nSPS) is 15.1. The highest BCUT2D eigenvalue weighted by Crippen LogP contribution is 2.24. The molecule has 3 rings (SSSR count). The second-order valence-electron chi connectivity index (χ2n) is 6.24. The Labute approximate surface area is 175 Å². The Balaban J connectivity index is 1.76. The zero-order chi connectivity index (χ0) is 20.3. The summed E-state index contributed by atoms with van der Waals surface area (Å²) in [5.74, 6) is -1.02. The minimum Gasteiger partial charge on any atom is -0.481 e. The van der Waals surface area contributed by atoms with Gasteiger partial charge in [0, 0.05) is 0 Å². The van der Waals surface area contributed by atoms with Crippen LogP contribution in [-0.4, -0.2) is 34.5 Å². The second kappa shape index (κ2) is 8.42. The van der Waals surface area contributed by atoms with Gasteiger partial charge in [0.1, 0.15) is 11.4 Å². The first-order chi connectivity index (χ1) is 13.3. The molecule has 144 valence electrons. The van der Waals surface area contributed by atoms with Gasteiger partial charge in [0.25, 0.3) is 5.91 Å². The van der Waals surface area contributed by atoms with Gasteiger partial charge in [-0.05, 0) is 58.9 Å². The molecule has 1 saturated heterocycles. The lowest BCUT2D eigenvalue weighted by Crippen LogP contribution is -2.30. The predicted octanol–water partition coefficient (Wildman–Crippen LogP) is 3.16. The Morgan fingerprint density at radius 1 is 1.25 bits per heavy atom. The molecule has 0 bridgehead atoms. The maximum Gasteiger partial charge on any atom is 0.341 e. The first-order valence-corrected chi connectivity index (χ1v) is 9.45. The molecule has 0 radical (unpaired) electrons. The summed E-state index contributed by atoms with van der Waals surface area (Å²) in [5, 5.41) is 11.3. The number of aliphatic carboxylic acids is 1. The molecule has 0 atom stereocenters. The van der Waals surface area contributed by atoms with E-state index in [4.69, 9.17) is 9.84 Å². The van der Waals surface area contributed by atoms with Crippen molar-refractivity contribution in [2.24, 2.45) is 0 Å². The van der Waals surface area contributed by atoms with Gasteiger partial charge in [0.2, 0.25) is 0 Å². The lowest BCUT2D eigenvalue weighted by molar-refractivity contribution is -0.139. The molecule has 7 nitrogen and oxygen atoms in total. The van der Waals surface area contributed by atoms with Crippen molar-refractivity contribution in [3.05, 3.63) is 68.4 Å². The standard InChI is InChI=1S/C20H17IN2O5/c1-12-3-2-4-14(7-12)10-23-19(26)16(22-20(23)27)9-13-5-6-17(15(21)8-13)28-11-18(24)25/h2-9H,10-11H2,1H3,(H,22,27)(H,24,25)/b16-9+. The minimum atomic E-state index is -1.06. The molecule has 0 unspecified atom stereocenters. The maximum absolute atomic E-state index is 12.6. The van der Waals surface area contributed by atoms with E-state index in [0.29, 0.717) is 14.9 Å². The molecule has 0 saturated carbocycles. The van der Waals surface area contributed by atoms with Crippen molar-refractivity contribution in [1.29, 1.82) is 0 Å². The van der Waals surface area contributed by atoms with Crippen molar-refractivity contribution in [2.45, 2.75) is 13.5 Å². The Morgan fingerprint density at radius 3 is 2.71 bits per heavy atom. The number of urea groups is 1. The van der Waals surface area contributed by atoms with Crippen LogP contribution >= 0.6 is 22.6 Å². The van der Waals surface area contributed by atoms with Gasteiger partial charge in [-0.25, -0.2) is 9.59 Å². The van der Waals surface area contributed by atoms with E-state index in [1.54, 1.807) is 24.3 Å². The van der Waals surface area contributed by atoms with E-state index in [-0.39, 0.29) is 12.2 Å². The molecular weight excluding hydrogens is 475 g/mol. The number of carboxylic acid groups (broad SMARTS) is 1. The van der Waals surface area contributed by atoms with Gasteiger partial charge >= 0.3 is 12.0 Å². The molecular formula is C20H17IN2O5. The lowest BCUT2D eigenvalue weighted by Gasteiger charge is -2.12. The fraction of sp³-hybridized carbons (Fsp3) is 0.150. The molecule has 1 aliphatic heterocycles. The van der Waals surface area contributed by atoms with Crippen molar-refractivity contribution in [1.82, 2.24) is 10.2 Å². The Kier molecular flexibility index (Phi) is 5.98. The smallest absolute Gasteiger partial charge is 0.341 e. The average Bonchev–Trinajstić information content (AvgIpc) is 2.88. The molecule has 2 aromatic rings. The van der Waals surface area contributed by atoms with Gasteiger partial charge in [-0.15, -0.1) is 0 Å². The van der Waals surface area contributed by atoms with Crippen LogP contribution in [0.25, 0.3) is 6.08 Å². The number of hydrogen-bond acceptors (Lipinski definition) is 4. The summed E-state index contributed by atoms with van der Waals surface area (Å²) < 4.78 is 5.88. The third kappa shape index (κ3) is 4.69. The number of carbonyl (C=O) groups is 3. The second-order valence-corrected chi connectivity index (χ2v) is 7.40. The molecule has 3 amide bonds. The topological polar surface area (TPSA) is 95.9 Å². The van der Waals surface area contributed by atoms with Crippen LogP contribution in [0.3, 0.4) is 0 Å². The third-order valence-electron chi connectivity index (χ3n) is 4.00. The first kappa shape index (κ1) is 19.9. The molecule has 8 heteroatoms. The summed E-state index contributed by atoms with van der Waals surface area (Å²) in [7, 11) is 0. The van der Waals surface area contributed by atoms with Crippen LogP contribution < -0.4 is 10.1 Å². The number of ether oxygens (including phenoxy) is 1. The highest BCUT2D eigenvalue weighted by atomic mass is 127. The summed E-state index contributed by atoms with van der Waals surface area (Å²) in [6.07, 6.45) is 1.58. The summed E-state index contributed by atoms with van der Waals surface area (Å²) in [5.41, 5.74) is 2.81. The predicted molar refractivity (Wildman–Crippen MR) is 111 cm³/mol. The fourth-order valence-electron chi connectivity index (χ4n) is 2.74. The van der Waals surface area contributed by atoms with Gasteiger partial charge < -0.3 is 15.2 Å². The van der Waals surface area contributed by atoms with E-state index < -0.39 is 24.5 Å². The highest BCUT2D eigenvalue weighted by molar-refractivity contribution is 14.1. The number of hydrogen-bond donors (Lipinski definition) is 2. The quantitative estimate of drug-likeness (QED) is 0.367. The molecule has 1 heterocycles. The zero-order valence-corrected chi connectivity index (χ0v) is 17.1. The minimum absolute atomic E-state index is 0.188. The number of benzene rings is 2. The van der Waals surface area contributed by atoms with Gasteiger partial charge in [-0.3, -0.25) is 9.69 Å². The SMILES string of the molecule is Cc1cccc(CN2C(=O)N/C(=C/c3ccc(OCC(=O)O)c(I)c3)C2=O)c1. The largest absolute Gasteiger partial charge is 0.481 e. The number of imide groups is 1. The van der Waals surface area contributed by atoms with E-state index in [1.807, 2.05) is 53.8 Å². The van der Waals surface area contributed by atoms with Crippen LogP contribution in [0.5, 0.6) is 5.75 Å². The Morgan fingerprint density at radius 2 is 2.04 bits per heavy atom. The van der Waals surface area contributed by atoms with E-state index in [0.717, 1.165) is 16.0 Å². The Bertz CT molecular complexity index is 986. The third-order valence-corrected chi connectivity index (χ3v) is 4.85. The number of halogens is 1. The molecule has 1 aliphatic rings. The Hall–Kier alpha value is -2.88. The van der Waals surface area contributed by atoms with E-state index in [1.165, 1.54) is 0 Å². The zero-order valence-electron chi connectivity index (χ0n) is 14.9. The fourth-order valence-corrected chi connectivity index (χ4v) is 3.43. The molecule has 0 aromatic heterocycles. The maximum atomic E-state index is 12.6. The lowest BCUT2D eigenvalue weighted by atomic mass is 10.1. The van der Waals surface area contributed by atoms with Crippen LogP contribution in [0.2, 0.25) is 0 Å². The number of amides is 3. The van der Waals surface area contributed by atoms with Crippen molar-refractivity contribution in [3.8, 4) is 5.75 Å². The number of nitrogens with one attached hydrogen (secondary N) is 1. The number of carbonyl (C=O) groups excluding carboxylic acids is 2. The molecule has 2 N–H and O–H groups in total. The summed E-state index contributed by atoms with van der Waals surface area (Å²) in [4.78, 5) is 36.6. The van der Waals surface area contributed by atoms with Gasteiger partial charge in [0.15, 0.2) is 6.61 Å². The van der Waals surface area contributed by atoms with E-state index >= 15 is 0 Å².